The van der Waals surface area contributed by atoms with Gasteiger partial charge in [-0.15, -0.1) is 10.2 Å². The van der Waals surface area contributed by atoms with Crippen LogP contribution < -0.4 is 10.6 Å². The summed E-state index contributed by atoms with van der Waals surface area (Å²) in [6, 6.07) is 10.5. The molecule has 0 bridgehead atoms. The number of rotatable bonds is 6. The summed E-state index contributed by atoms with van der Waals surface area (Å²) in [5.74, 6) is -0.824. The molecule has 0 saturated carbocycles. The van der Waals surface area contributed by atoms with Gasteiger partial charge in [0.05, 0.1) is 17.1 Å². The summed E-state index contributed by atoms with van der Waals surface area (Å²) in [4.78, 5) is 24.4. The highest BCUT2D eigenvalue weighted by Crippen LogP contribution is 2.26. The van der Waals surface area contributed by atoms with E-state index in [2.05, 4.69) is 20.8 Å². The number of hydrogen-bond acceptors (Lipinski definition) is 7. The molecule has 2 N–H and O–H groups in total. The molecular weight excluding hydrogens is 459 g/mol. The van der Waals surface area contributed by atoms with Crippen LogP contribution in [0.3, 0.4) is 0 Å². The first kappa shape index (κ1) is 23.6. The number of carbonyl (C=O) groups is 2. The molecule has 0 unspecified atom stereocenters. The molecular formula is C21H20ClFN4O4S. The summed E-state index contributed by atoms with van der Waals surface area (Å²) < 4.78 is 24.4. The summed E-state index contributed by atoms with van der Waals surface area (Å²) in [6.07, 6.45) is -0.727. The third-order valence-electron chi connectivity index (χ3n) is 3.72. The van der Waals surface area contributed by atoms with E-state index in [0.717, 1.165) is 23.9 Å². The maximum absolute atomic E-state index is 13.7. The Labute approximate surface area is 192 Å². The Hall–Kier alpha value is -3.11. The van der Waals surface area contributed by atoms with Crippen LogP contribution in [0, 0.1) is 5.82 Å². The number of anilines is 2. The number of benzene rings is 2. The largest absolute Gasteiger partial charge is 0.444 e. The number of halogens is 2. The van der Waals surface area contributed by atoms with Gasteiger partial charge in [0.2, 0.25) is 11.8 Å². The lowest BCUT2D eigenvalue weighted by Gasteiger charge is -2.20. The van der Waals surface area contributed by atoms with Crippen molar-refractivity contribution in [3.63, 3.8) is 0 Å². The summed E-state index contributed by atoms with van der Waals surface area (Å²) in [7, 11) is 0. The quantitative estimate of drug-likeness (QED) is 0.443. The van der Waals surface area contributed by atoms with Gasteiger partial charge in [0.15, 0.2) is 0 Å². The Bertz CT molecular complexity index is 1120. The van der Waals surface area contributed by atoms with Gasteiger partial charge in [-0.2, -0.15) is 0 Å². The van der Waals surface area contributed by atoms with Gasteiger partial charge in [-0.1, -0.05) is 23.4 Å². The number of carbonyl (C=O) groups excluding carboxylic acids is 2. The van der Waals surface area contributed by atoms with Crippen molar-refractivity contribution in [3.05, 3.63) is 53.3 Å². The molecule has 2 aromatic carbocycles. The zero-order valence-corrected chi connectivity index (χ0v) is 19.0. The Balaban J connectivity index is 1.61. The smallest absolute Gasteiger partial charge is 0.412 e. The van der Waals surface area contributed by atoms with Gasteiger partial charge in [0, 0.05) is 10.6 Å². The monoisotopic (exact) mass is 478 g/mol. The molecule has 8 nitrogen and oxygen atoms in total. The fourth-order valence-corrected chi connectivity index (χ4v) is 3.12. The molecule has 32 heavy (non-hydrogen) atoms. The standard InChI is InChI=1S/C21H20ClFN4O4S/c1-21(2,3)31-19(29)25-15-9-8-14(23)10-16(15)24-17(28)11-32-20-27-26-18(30-20)12-4-6-13(22)7-5-12/h4-10H,11H2,1-3H3,(H,24,28)(H,25,29). The predicted octanol–water partition coefficient (Wildman–Crippen LogP) is 5.61. The molecule has 1 aromatic heterocycles. The first-order valence-electron chi connectivity index (χ1n) is 9.41. The molecule has 0 atom stereocenters. The minimum Gasteiger partial charge on any atom is -0.444 e. The lowest BCUT2D eigenvalue weighted by molar-refractivity contribution is -0.113. The third-order valence-corrected chi connectivity index (χ3v) is 4.79. The van der Waals surface area contributed by atoms with Crippen LogP contribution in [0.25, 0.3) is 11.5 Å². The highest BCUT2D eigenvalue weighted by molar-refractivity contribution is 7.99. The number of thioether (sulfide) groups is 1. The second-order valence-corrected chi connectivity index (χ2v) is 8.90. The van der Waals surface area contributed by atoms with Gasteiger partial charge < -0.3 is 14.5 Å². The van der Waals surface area contributed by atoms with E-state index in [1.54, 1.807) is 45.0 Å². The van der Waals surface area contributed by atoms with E-state index in [9.17, 15) is 14.0 Å². The van der Waals surface area contributed by atoms with Crippen LogP contribution in [-0.2, 0) is 9.53 Å². The number of nitrogens with zero attached hydrogens (tertiary/aromatic N) is 2. The Kier molecular flexibility index (Phi) is 7.37. The topological polar surface area (TPSA) is 106 Å². The van der Waals surface area contributed by atoms with Crippen LogP contribution in [0.5, 0.6) is 0 Å². The van der Waals surface area contributed by atoms with E-state index in [1.165, 1.54) is 6.07 Å². The van der Waals surface area contributed by atoms with Crippen molar-refractivity contribution in [2.45, 2.75) is 31.6 Å². The number of ether oxygens (including phenoxy) is 1. The second kappa shape index (κ2) is 10.0. The summed E-state index contributed by atoms with van der Waals surface area (Å²) in [5, 5.41) is 13.7. The van der Waals surface area contributed by atoms with Crippen LogP contribution in [-0.4, -0.2) is 33.6 Å². The van der Waals surface area contributed by atoms with Crippen molar-refractivity contribution >= 4 is 46.7 Å². The molecule has 1 heterocycles. The van der Waals surface area contributed by atoms with E-state index in [4.69, 9.17) is 20.8 Å². The molecule has 0 saturated heterocycles. The molecule has 168 valence electrons. The van der Waals surface area contributed by atoms with Crippen LogP contribution in [0.4, 0.5) is 20.6 Å². The van der Waals surface area contributed by atoms with Gasteiger partial charge in [0.25, 0.3) is 5.22 Å². The average Bonchev–Trinajstić information content (AvgIpc) is 3.17. The van der Waals surface area contributed by atoms with Crippen molar-refractivity contribution in [3.8, 4) is 11.5 Å². The molecule has 2 amide bonds. The highest BCUT2D eigenvalue weighted by Gasteiger charge is 2.18. The summed E-state index contributed by atoms with van der Waals surface area (Å²) in [5.41, 5.74) is 0.269. The predicted molar refractivity (Wildman–Crippen MR) is 120 cm³/mol. The van der Waals surface area contributed by atoms with E-state index in [-0.39, 0.29) is 22.4 Å². The molecule has 0 spiro atoms. The van der Waals surface area contributed by atoms with Gasteiger partial charge in [-0.05, 0) is 63.2 Å². The van der Waals surface area contributed by atoms with Crippen LogP contribution >= 0.6 is 23.4 Å². The minimum atomic E-state index is -0.727. The zero-order valence-electron chi connectivity index (χ0n) is 17.4. The second-order valence-electron chi connectivity index (χ2n) is 7.53. The first-order valence-corrected chi connectivity index (χ1v) is 10.8. The Morgan fingerprint density at radius 3 is 2.50 bits per heavy atom. The SMILES string of the molecule is CC(C)(C)OC(=O)Nc1ccc(F)cc1NC(=O)CSc1nnc(-c2ccc(Cl)cc2)o1. The summed E-state index contributed by atoms with van der Waals surface area (Å²) in [6.45, 7) is 5.15. The van der Waals surface area contributed by atoms with Crippen molar-refractivity contribution in [1.82, 2.24) is 10.2 Å². The maximum Gasteiger partial charge on any atom is 0.412 e. The molecule has 0 radical (unpaired) electrons. The van der Waals surface area contributed by atoms with E-state index < -0.39 is 23.4 Å². The van der Waals surface area contributed by atoms with Gasteiger partial charge in [-0.25, -0.2) is 9.18 Å². The Morgan fingerprint density at radius 2 is 1.81 bits per heavy atom. The van der Waals surface area contributed by atoms with Crippen LogP contribution in [0.1, 0.15) is 20.8 Å². The highest BCUT2D eigenvalue weighted by atomic mass is 35.5. The number of nitrogens with one attached hydrogen (secondary N) is 2. The van der Waals surface area contributed by atoms with Crippen LogP contribution in [0.15, 0.2) is 52.1 Å². The molecule has 3 rings (SSSR count). The van der Waals surface area contributed by atoms with E-state index in [1.807, 2.05) is 0 Å². The van der Waals surface area contributed by atoms with Gasteiger partial charge in [-0.3, -0.25) is 10.1 Å². The molecule has 0 aliphatic rings. The maximum atomic E-state index is 13.7. The van der Waals surface area contributed by atoms with Crippen molar-refractivity contribution in [1.29, 1.82) is 0 Å². The number of hydrogen-bond donors (Lipinski definition) is 2. The lowest BCUT2D eigenvalue weighted by Crippen LogP contribution is -2.27. The Morgan fingerprint density at radius 1 is 1.09 bits per heavy atom. The average molecular weight is 479 g/mol. The lowest BCUT2D eigenvalue weighted by atomic mass is 10.2. The number of aromatic nitrogens is 2. The fourth-order valence-electron chi connectivity index (χ4n) is 2.43. The van der Waals surface area contributed by atoms with Crippen molar-refractivity contribution < 1.29 is 23.1 Å². The van der Waals surface area contributed by atoms with Gasteiger partial charge >= 0.3 is 6.09 Å². The molecule has 0 fully saturated rings. The summed E-state index contributed by atoms with van der Waals surface area (Å²) >= 11 is 6.88. The molecule has 0 aliphatic heterocycles. The van der Waals surface area contributed by atoms with Gasteiger partial charge in [0.1, 0.15) is 11.4 Å². The van der Waals surface area contributed by atoms with E-state index >= 15 is 0 Å². The van der Waals surface area contributed by atoms with Crippen molar-refractivity contribution in [2.75, 3.05) is 16.4 Å². The normalized spacial score (nSPS) is 11.2. The molecule has 0 aliphatic carbocycles. The molecule has 11 heteroatoms. The van der Waals surface area contributed by atoms with Crippen molar-refractivity contribution in [2.24, 2.45) is 0 Å². The van der Waals surface area contributed by atoms with Crippen LogP contribution in [0.2, 0.25) is 5.02 Å². The third kappa shape index (κ3) is 6.96. The van der Waals surface area contributed by atoms with E-state index in [0.29, 0.717) is 16.5 Å². The molecule has 3 aromatic rings. The fraction of sp³-hybridized carbons (Fsp3) is 0.238. The first-order chi connectivity index (χ1) is 15.1. The zero-order chi connectivity index (χ0) is 23.3. The number of amides is 2. The minimum absolute atomic E-state index is 0.0787.